The van der Waals surface area contributed by atoms with Gasteiger partial charge in [0.2, 0.25) is 5.91 Å². The second-order valence-electron chi connectivity index (χ2n) is 6.23. The molecule has 1 rings (SSSR count). The summed E-state index contributed by atoms with van der Waals surface area (Å²) in [5.41, 5.74) is 6.13. The molecule has 0 bridgehead atoms. The third-order valence-corrected chi connectivity index (χ3v) is 3.79. The maximum Gasteiger partial charge on any atom is 0.315 e. The molecule has 0 heterocycles. The van der Waals surface area contributed by atoms with Crippen LogP contribution in [0.1, 0.15) is 44.6 Å². The van der Waals surface area contributed by atoms with Gasteiger partial charge in [-0.2, -0.15) is 0 Å². The Labute approximate surface area is 155 Å². The van der Waals surface area contributed by atoms with E-state index >= 15 is 0 Å². The van der Waals surface area contributed by atoms with E-state index in [-0.39, 0.29) is 24.7 Å². The summed E-state index contributed by atoms with van der Waals surface area (Å²) in [4.78, 5) is 35.1. The molecule has 0 saturated carbocycles. The summed E-state index contributed by atoms with van der Waals surface area (Å²) in [5, 5.41) is 5.42. The molecule has 0 radical (unpaired) electrons. The fourth-order valence-electron chi connectivity index (χ4n) is 2.44. The molecule has 0 aliphatic carbocycles. The normalized spacial score (nSPS) is 11.9. The minimum absolute atomic E-state index is 0.0572. The van der Waals surface area contributed by atoms with Crippen molar-refractivity contribution in [2.45, 2.75) is 51.5 Å². The summed E-state index contributed by atoms with van der Waals surface area (Å²) in [6.07, 6.45) is 7.37. The first-order valence-electron chi connectivity index (χ1n) is 9.09. The van der Waals surface area contributed by atoms with Gasteiger partial charge in [-0.15, -0.1) is 0 Å². The number of nitrogens with two attached hydrogens (primary N) is 1. The quantitative estimate of drug-likeness (QED) is 0.395. The molecule has 6 nitrogen and oxygen atoms in total. The Kier molecular flexibility index (Phi) is 10.5. The van der Waals surface area contributed by atoms with Gasteiger partial charge in [0.1, 0.15) is 0 Å². The first-order valence-corrected chi connectivity index (χ1v) is 9.09. The highest BCUT2D eigenvalue weighted by Gasteiger charge is 2.12. The zero-order chi connectivity index (χ0) is 19.2. The number of carbonyl (C=O) groups excluding carboxylic acids is 3. The largest absolute Gasteiger partial charge is 0.370 e. The number of carbonyl (C=O) groups is 3. The molecule has 0 aliphatic heterocycles. The molecule has 142 valence electrons. The Morgan fingerprint density at radius 1 is 1.12 bits per heavy atom. The number of hydrogen-bond acceptors (Lipinski definition) is 3. The number of amides is 3. The third kappa shape index (κ3) is 10.3. The molecule has 0 saturated heterocycles. The highest BCUT2D eigenvalue weighted by Crippen LogP contribution is 2.02. The highest BCUT2D eigenvalue weighted by atomic mass is 16.2. The van der Waals surface area contributed by atoms with E-state index in [2.05, 4.69) is 17.6 Å². The highest BCUT2D eigenvalue weighted by molar-refractivity contribution is 5.91. The Balaban J connectivity index is 2.47. The Morgan fingerprint density at radius 3 is 2.50 bits per heavy atom. The van der Waals surface area contributed by atoms with Gasteiger partial charge in [-0.1, -0.05) is 62.6 Å². The van der Waals surface area contributed by atoms with Crippen molar-refractivity contribution in [3.05, 3.63) is 48.0 Å². The van der Waals surface area contributed by atoms with Gasteiger partial charge >= 0.3 is 6.03 Å². The van der Waals surface area contributed by atoms with Crippen LogP contribution in [0.15, 0.2) is 42.5 Å². The minimum Gasteiger partial charge on any atom is -0.370 e. The zero-order valence-electron chi connectivity index (χ0n) is 15.4. The Bertz CT molecular complexity index is 600. The number of allylic oxidation sites excluding steroid dienone is 1. The van der Waals surface area contributed by atoms with Gasteiger partial charge in [0, 0.05) is 13.0 Å². The summed E-state index contributed by atoms with van der Waals surface area (Å²) < 4.78 is 0. The van der Waals surface area contributed by atoms with Crippen molar-refractivity contribution in [1.82, 2.24) is 10.6 Å². The predicted octanol–water partition coefficient (Wildman–Crippen LogP) is 2.48. The van der Waals surface area contributed by atoms with E-state index in [0.29, 0.717) is 6.54 Å². The van der Waals surface area contributed by atoms with E-state index < -0.39 is 11.9 Å². The van der Waals surface area contributed by atoms with Gasteiger partial charge in [-0.25, -0.2) is 4.79 Å². The van der Waals surface area contributed by atoms with Crippen molar-refractivity contribution in [2.24, 2.45) is 5.73 Å². The van der Waals surface area contributed by atoms with Crippen LogP contribution in [0, 0.1) is 0 Å². The van der Waals surface area contributed by atoms with Crippen LogP contribution in [0.25, 0.3) is 0 Å². The van der Waals surface area contributed by atoms with E-state index in [0.717, 1.165) is 31.2 Å². The molecular weight excluding hydrogens is 330 g/mol. The number of hydrogen-bond donors (Lipinski definition) is 3. The van der Waals surface area contributed by atoms with Crippen LogP contribution in [0.4, 0.5) is 4.79 Å². The number of primary amides is 1. The SMILES string of the molecule is CCCCCCNC(=O)N[C@@H](/C=C/C(=O)Cc1ccccc1)CC(N)=O. The maximum absolute atomic E-state index is 12.0. The first-order chi connectivity index (χ1) is 12.5. The molecule has 1 aromatic carbocycles. The fraction of sp³-hybridized carbons (Fsp3) is 0.450. The third-order valence-electron chi connectivity index (χ3n) is 3.79. The van der Waals surface area contributed by atoms with Gasteiger partial charge in [0.05, 0.1) is 12.5 Å². The fourth-order valence-corrected chi connectivity index (χ4v) is 2.44. The van der Waals surface area contributed by atoms with Crippen LogP contribution in [0.5, 0.6) is 0 Å². The maximum atomic E-state index is 12.0. The van der Waals surface area contributed by atoms with Crippen LogP contribution in [0.2, 0.25) is 0 Å². The predicted molar refractivity (Wildman–Crippen MR) is 103 cm³/mol. The topological polar surface area (TPSA) is 101 Å². The summed E-state index contributed by atoms with van der Waals surface area (Å²) in [6, 6.07) is 8.39. The monoisotopic (exact) mass is 359 g/mol. The lowest BCUT2D eigenvalue weighted by atomic mass is 10.1. The number of urea groups is 1. The van der Waals surface area contributed by atoms with E-state index in [1.807, 2.05) is 30.3 Å². The summed E-state index contributed by atoms with van der Waals surface area (Å²) in [5.74, 6) is -0.647. The van der Waals surface area contributed by atoms with Crippen molar-refractivity contribution in [3.63, 3.8) is 0 Å². The van der Waals surface area contributed by atoms with Crippen molar-refractivity contribution in [3.8, 4) is 0 Å². The molecule has 4 N–H and O–H groups in total. The molecule has 0 unspecified atom stereocenters. The molecule has 26 heavy (non-hydrogen) atoms. The lowest BCUT2D eigenvalue weighted by Crippen LogP contribution is -2.43. The minimum atomic E-state index is -0.608. The number of nitrogens with one attached hydrogen (secondary N) is 2. The average Bonchev–Trinajstić information content (AvgIpc) is 2.60. The molecule has 0 fully saturated rings. The lowest BCUT2D eigenvalue weighted by Gasteiger charge is -2.14. The standard InChI is InChI=1S/C20H29N3O3/c1-2-3-4-8-13-22-20(26)23-17(15-19(21)25)11-12-18(24)14-16-9-6-5-7-10-16/h5-7,9-12,17H,2-4,8,13-15H2,1H3,(H2,21,25)(H2,22,23,26)/b12-11+/t17-/m0/s1. The van der Waals surface area contributed by atoms with Crippen LogP contribution >= 0.6 is 0 Å². The van der Waals surface area contributed by atoms with E-state index in [1.165, 1.54) is 12.2 Å². The smallest absolute Gasteiger partial charge is 0.315 e. The molecule has 0 spiro atoms. The van der Waals surface area contributed by atoms with Gasteiger partial charge in [0.25, 0.3) is 0 Å². The molecule has 3 amide bonds. The summed E-state index contributed by atoms with van der Waals surface area (Å²) in [6.45, 7) is 2.70. The number of ketones is 1. The van der Waals surface area contributed by atoms with Crippen LogP contribution in [-0.4, -0.2) is 30.3 Å². The average molecular weight is 359 g/mol. The zero-order valence-corrected chi connectivity index (χ0v) is 15.4. The number of rotatable bonds is 12. The van der Waals surface area contributed by atoms with Crippen molar-refractivity contribution in [2.75, 3.05) is 6.54 Å². The van der Waals surface area contributed by atoms with Crippen molar-refractivity contribution >= 4 is 17.7 Å². The molecule has 1 atom stereocenters. The molecule has 0 aromatic heterocycles. The van der Waals surface area contributed by atoms with Gasteiger partial charge in [-0.05, 0) is 18.1 Å². The van der Waals surface area contributed by atoms with Crippen LogP contribution in [-0.2, 0) is 16.0 Å². The van der Waals surface area contributed by atoms with Crippen molar-refractivity contribution in [1.29, 1.82) is 0 Å². The van der Waals surface area contributed by atoms with Gasteiger partial charge in [-0.3, -0.25) is 9.59 Å². The molecular formula is C20H29N3O3. The van der Waals surface area contributed by atoms with Gasteiger partial charge < -0.3 is 16.4 Å². The van der Waals surface area contributed by atoms with Crippen LogP contribution in [0.3, 0.4) is 0 Å². The van der Waals surface area contributed by atoms with Crippen molar-refractivity contribution < 1.29 is 14.4 Å². The Hall–Kier alpha value is -2.63. The second kappa shape index (κ2) is 12.7. The lowest BCUT2D eigenvalue weighted by molar-refractivity contribution is -0.118. The molecule has 6 heteroatoms. The van der Waals surface area contributed by atoms with E-state index in [9.17, 15) is 14.4 Å². The van der Waals surface area contributed by atoms with Crippen LogP contribution < -0.4 is 16.4 Å². The van der Waals surface area contributed by atoms with E-state index in [1.54, 1.807) is 0 Å². The van der Waals surface area contributed by atoms with Gasteiger partial charge in [0.15, 0.2) is 5.78 Å². The second-order valence-corrected chi connectivity index (χ2v) is 6.23. The molecule has 1 aromatic rings. The summed E-state index contributed by atoms with van der Waals surface area (Å²) in [7, 11) is 0. The number of unbranched alkanes of at least 4 members (excludes halogenated alkanes) is 3. The Morgan fingerprint density at radius 2 is 1.85 bits per heavy atom. The summed E-state index contributed by atoms with van der Waals surface area (Å²) >= 11 is 0. The van der Waals surface area contributed by atoms with E-state index in [4.69, 9.17) is 5.73 Å². The molecule has 0 aliphatic rings. The number of benzene rings is 1. The first kappa shape index (κ1) is 21.4.